The maximum Gasteiger partial charge on any atom is 0.242 e. The minimum absolute atomic E-state index is 0.0374. The third kappa shape index (κ3) is 4.55. The Bertz CT molecular complexity index is 727. The molecule has 0 spiro atoms. The maximum atomic E-state index is 12.2. The predicted octanol–water partition coefficient (Wildman–Crippen LogP) is 1.90. The van der Waals surface area contributed by atoms with E-state index in [-0.39, 0.29) is 24.3 Å². The van der Waals surface area contributed by atoms with Crippen LogP contribution < -0.4 is 11.1 Å². The third-order valence-electron chi connectivity index (χ3n) is 4.09. The van der Waals surface area contributed by atoms with Crippen molar-refractivity contribution in [2.24, 2.45) is 11.7 Å². The summed E-state index contributed by atoms with van der Waals surface area (Å²) in [5.41, 5.74) is 6.81. The fourth-order valence-corrected chi connectivity index (χ4v) is 2.42. The standard InChI is InChI=1S/C19H25N3O2/c1-13(2)18(20)19(24)21-11-17(23)22(3)12-14-8-9-15-6-4-5-7-16(15)10-14/h4-10,13,18H,11-12,20H2,1-3H3,(H,21,24)/t18-/m0/s1. The molecule has 128 valence electrons. The largest absolute Gasteiger partial charge is 0.346 e. The smallest absolute Gasteiger partial charge is 0.242 e. The Morgan fingerprint density at radius 3 is 2.46 bits per heavy atom. The minimum atomic E-state index is -0.594. The van der Waals surface area contributed by atoms with Gasteiger partial charge < -0.3 is 16.0 Å². The quantitative estimate of drug-likeness (QED) is 0.851. The van der Waals surface area contributed by atoms with Gasteiger partial charge in [0.2, 0.25) is 11.8 Å². The molecule has 0 saturated heterocycles. The molecule has 0 bridgehead atoms. The lowest BCUT2D eigenvalue weighted by Gasteiger charge is -2.19. The van der Waals surface area contributed by atoms with Crippen LogP contribution in [0.4, 0.5) is 0 Å². The molecule has 5 nitrogen and oxygen atoms in total. The molecule has 1 atom stereocenters. The number of carbonyl (C=O) groups excluding carboxylic acids is 2. The van der Waals surface area contributed by atoms with Crippen LogP contribution >= 0.6 is 0 Å². The number of nitrogens with zero attached hydrogens (tertiary/aromatic N) is 1. The van der Waals surface area contributed by atoms with Crippen LogP contribution in [0.3, 0.4) is 0 Å². The molecule has 24 heavy (non-hydrogen) atoms. The summed E-state index contributed by atoms with van der Waals surface area (Å²) in [6.07, 6.45) is 0. The van der Waals surface area contributed by atoms with Gasteiger partial charge >= 0.3 is 0 Å². The number of carbonyl (C=O) groups is 2. The Balaban J connectivity index is 1.92. The normalized spacial score (nSPS) is 12.2. The van der Waals surface area contributed by atoms with E-state index in [9.17, 15) is 9.59 Å². The highest BCUT2D eigenvalue weighted by atomic mass is 16.2. The Morgan fingerprint density at radius 1 is 1.12 bits per heavy atom. The number of rotatable bonds is 6. The van der Waals surface area contributed by atoms with E-state index in [4.69, 9.17) is 5.73 Å². The first-order valence-corrected chi connectivity index (χ1v) is 8.13. The van der Waals surface area contributed by atoms with E-state index in [0.29, 0.717) is 6.54 Å². The summed E-state index contributed by atoms with van der Waals surface area (Å²) in [4.78, 5) is 25.6. The second-order valence-electron chi connectivity index (χ2n) is 6.42. The molecule has 0 unspecified atom stereocenters. The van der Waals surface area contributed by atoms with Crippen molar-refractivity contribution in [3.63, 3.8) is 0 Å². The highest BCUT2D eigenvalue weighted by Crippen LogP contribution is 2.16. The molecule has 5 heteroatoms. The van der Waals surface area contributed by atoms with Crippen molar-refractivity contribution < 1.29 is 9.59 Å². The zero-order valence-electron chi connectivity index (χ0n) is 14.5. The van der Waals surface area contributed by atoms with Crippen LogP contribution in [0.1, 0.15) is 19.4 Å². The summed E-state index contributed by atoms with van der Waals surface area (Å²) in [6, 6.07) is 13.6. The number of hydrogen-bond donors (Lipinski definition) is 2. The van der Waals surface area contributed by atoms with Gasteiger partial charge in [0.15, 0.2) is 0 Å². The number of benzene rings is 2. The summed E-state index contributed by atoms with van der Waals surface area (Å²) in [5.74, 6) is -0.402. The molecule has 0 heterocycles. The molecule has 2 rings (SSSR count). The molecular formula is C19H25N3O2. The van der Waals surface area contributed by atoms with Gasteiger partial charge in [0.1, 0.15) is 0 Å². The minimum Gasteiger partial charge on any atom is -0.346 e. The summed E-state index contributed by atoms with van der Waals surface area (Å²) in [5, 5.41) is 4.92. The first-order valence-electron chi connectivity index (χ1n) is 8.13. The molecule has 0 aliphatic rings. The van der Waals surface area contributed by atoms with E-state index < -0.39 is 6.04 Å². The first-order chi connectivity index (χ1) is 11.4. The van der Waals surface area contributed by atoms with Crippen LogP contribution in [-0.4, -0.2) is 36.3 Å². The molecule has 0 saturated carbocycles. The lowest BCUT2D eigenvalue weighted by molar-refractivity contribution is -0.132. The fourth-order valence-electron chi connectivity index (χ4n) is 2.42. The summed E-state index contributed by atoms with van der Waals surface area (Å²) >= 11 is 0. The van der Waals surface area contributed by atoms with E-state index in [0.717, 1.165) is 10.9 Å². The highest BCUT2D eigenvalue weighted by molar-refractivity contribution is 5.87. The van der Waals surface area contributed by atoms with Crippen molar-refractivity contribution in [1.82, 2.24) is 10.2 Å². The van der Waals surface area contributed by atoms with Crippen LogP contribution in [0.15, 0.2) is 42.5 Å². The molecule has 0 aliphatic carbocycles. The molecule has 2 aromatic carbocycles. The van der Waals surface area contributed by atoms with E-state index in [2.05, 4.69) is 17.4 Å². The Hall–Kier alpha value is -2.40. The first kappa shape index (κ1) is 17.9. The van der Waals surface area contributed by atoms with E-state index >= 15 is 0 Å². The molecule has 0 radical (unpaired) electrons. The Morgan fingerprint density at radius 2 is 1.79 bits per heavy atom. The van der Waals surface area contributed by atoms with Crippen molar-refractivity contribution in [3.8, 4) is 0 Å². The van der Waals surface area contributed by atoms with Gasteiger partial charge in [0.25, 0.3) is 0 Å². The van der Waals surface area contributed by atoms with Crippen molar-refractivity contribution in [1.29, 1.82) is 0 Å². The van der Waals surface area contributed by atoms with Gasteiger partial charge in [0.05, 0.1) is 12.6 Å². The lowest BCUT2D eigenvalue weighted by Crippen LogP contribution is -2.47. The molecule has 3 N–H and O–H groups in total. The number of nitrogens with one attached hydrogen (secondary N) is 1. The average Bonchev–Trinajstić information content (AvgIpc) is 2.58. The number of likely N-dealkylation sites (N-methyl/N-ethyl adjacent to an activating group) is 1. The Labute approximate surface area is 142 Å². The SMILES string of the molecule is CC(C)[C@H](N)C(=O)NCC(=O)N(C)Cc1ccc2ccccc2c1. The van der Waals surface area contributed by atoms with Crippen LogP contribution in [0.2, 0.25) is 0 Å². The zero-order chi connectivity index (χ0) is 17.7. The topological polar surface area (TPSA) is 75.4 Å². The monoisotopic (exact) mass is 327 g/mol. The van der Waals surface area contributed by atoms with Gasteiger partial charge in [-0.25, -0.2) is 0 Å². The average molecular weight is 327 g/mol. The number of fused-ring (bicyclic) bond motifs is 1. The second-order valence-corrected chi connectivity index (χ2v) is 6.42. The van der Waals surface area contributed by atoms with Gasteiger partial charge in [-0.15, -0.1) is 0 Å². The van der Waals surface area contributed by atoms with Crippen molar-refractivity contribution >= 4 is 22.6 Å². The number of nitrogens with two attached hydrogens (primary N) is 1. The van der Waals surface area contributed by atoms with Crippen molar-refractivity contribution in [2.45, 2.75) is 26.4 Å². The van der Waals surface area contributed by atoms with E-state index in [1.807, 2.05) is 44.2 Å². The summed E-state index contributed by atoms with van der Waals surface area (Å²) in [7, 11) is 1.73. The second kappa shape index (κ2) is 7.93. The van der Waals surface area contributed by atoms with Crippen molar-refractivity contribution in [2.75, 3.05) is 13.6 Å². The fraction of sp³-hybridized carbons (Fsp3) is 0.368. The number of amides is 2. The number of hydrogen-bond acceptors (Lipinski definition) is 3. The van der Waals surface area contributed by atoms with Crippen LogP contribution in [0, 0.1) is 5.92 Å². The summed E-state index contributed by atoms with van der Waals surface area (Å²) in [6.45, 7) is 4.20. The molecule has 0 aromatic heterocycles. The van der Waals surface area contributed by atoms with Crippen molar-refractivity contribution in [3.05, 3.63) is 48.0 Å². The molecular weight excluding hydrogens is 302 g/mol. The van der Waals surface area contributed by atoms with Gasteiger partial charge in [-0.1, -0.05) is 50.2 Å². The van der Waals surface area contributed by atoms with E-state index in [1.165, 1.54) is 5.39 Å². The summed E-state index contributed by atoms with van der Waals surface area (Å²) < 4.78 is 0. The molecule has 0 aliphatic heterocycles. The van der Waals surface area contributed by atoms with Gasteiger partial charge in [-0.05, 0) is 28.3 Å². The lowest BCUT2D eigenvalue weighted by atomic mass is 10.1. The van der Waals surface area contributed by atoms with Crippen LogP contribution in [0.5, 0.6) is 0 Å². The van der Waals surface area contributed by atoms with E-state index in [1.54, 1.807) is 11.9 Å². The van der Waals surface area contributed by atoms with Crippen LogP contribution in [0.25, 0.3) is 10.8 Å². The van der Waals surface area contributed by atoms with Gasteiger partial charge in [-0.2, -0.15) is 0 Å². The molecule has 0 fully saturated rings. The van der Waals surface area contributed by atoms with Gasteiger partial charge in [0, 0.05) is 13.6 Å². The van der Waals surface area contributed by atoms with Gasteiger partial charge in [-0.3, -0.25) is 9.59 Å². The highest BCUT2D eigenvalue weighted by Gasteiger charge is 2.18. The maximum absolute atomic E-state index is 12.2. The third-order valence-corrected chi connectivity index (χ3v) is 4.09. The zero-order valence-corrected chi connectivity index (χ0v) is 14.5. The molecule has 2 amide bonds. The van der Waals surface area contributed by atoms with Crippen LogP contribution in [-0.2, 0) is 16.1 Å². The predicted molar refractivity (Wildman–Crippen MR) is 96.2 cm³/mol. The molecule has 2 aromatic rings. The Kier molecular flexibility index (Phi) is 5.93.